The van der Waals surface area contributed by atoms with Gasteiger partial charge in [-0.25, -0.2) is 0 Å². The summed E-state index contributed by atoms with van der Waals surface area (Å²) in [5.74, 6) is 0. The molecule has 76 valence electrons. The first-order valence-corrected chi connectivity index (χ1v) is 5.10. The molecule has 0 spiro atoms. The SMILES string of the molecule is CC(C)(C)C(=N)Cc1ccc(Cl)cc1. The van der Waals surface area contributed by atoms with E-state index in [1.807, 2.05) is 24.3 Å². The molecule has 0 aromatic heterocycles. The third kappa shape index (κ3) is 3.15. The summed E-state index contributed by atoms with van der Waals surface area (Å²) in [6.45, 7) is 6.18. The molecule has 2 heteroatoms. The van der Waals surface area contributed by atoms with Gasteiger partial charge >= 0.3 is 0 Å². The highest BCUT2D eigenvalue weighted by Crippen LogP contribution is 2.19. The Bertz CT molecular complexity index is 319. The van der Waals surface area contributed by atoms with Crippen LogP contribution in [0.2, 0.25) is 5.02 Å². The van der Waals surface area contributed by atoms with Crippen LogP contribution in [0, 0.1) is 10.8 Å². The van der Waals surface area contributed by atoms with E-state index in [2.05, 4.69) is 20.8 Å². The molecule has 1 aromatic carbocycles. The summed E-state index contributed by atoms with van der Waals surface area (Å²) in [5, 5.41) is 8.64. The number of rotatable bonds is 2. The van der Waals surface area contributed by atoms with Crippen LogP contribution in [0.3, 0.4) is 0 Å². The van der Waals surface area contributed by atoms with Crippen LogP contribution in [-0.2, 0) is 6.42 Å². The van der Waals surface area contributed by atoms with E-state index >= 15 is 0 Å². The van der Waals surface area contributed by atoms with Crippen LogP contribution >= 0.6 is 11.6 Å². The fraction of sp³-hybridized carbons (Fsp3) is 0.417. The Labute approximate surface area is 90.6 Å². The monoisotopic (exact) mass is 209 g/mol. The molecular weight excluding hydrogens is 194 g/mol. The lowest BCUT2D eigenvalue weighted by Crippen LogP contribution is -2.21. The predicted octanol–water partition coefficient (Wildman–Crippen LogP) is 3.95. The molecule has 0 amide bonds. The highest BCUT2D eigenvalue weighted by molar-refractivity contribution is 6.30. The molecule has 1 N–H and O–H groups in total. The zero-order valence-corrected chi connectivity index (χ0v) is 9.65. The summed E-state index contributed by atoms with van der Waals surface area (Å²) in [4.78, 5) is 0. The minimum atomic E-state index is -0.0420. The average Bonchev–Trinajstić information content (AvgIpc) is 2.07. The quantitative estimate of drug-likeness (QED) is 0.714. The van der Waals surface area contributed by atoms with E-state index < -0.39 is 0 Å². The van der Waals surface area contributed by atoms with Crippen LogP contribution in [0.15, 0.2) is 24.3 Å². The molecule has 0 aliphatic carbocycles. The smallest absolute Gasteiger partial charge is 0.0406 e. The molecule has 0 unspecified atom stereocenters. The molecule has 0 fully saturated rings. The van der Waals surface area contributed by atoms with Gasteiger partial charge in [-0.2, -0.15) is 0 Å². The molecule has 1 aromatic rings. The fourth-order valence-corrected chi connectivity index (χ4v) is 1.20. The highest BCUT2D eigenvalue weighted by atomic mass is 35.5. The fourth-order valence-electron chi connectivity index (χ4n) is 1.07. The Morgan fingerprint density at radius 3 is 2.14 bits per heavy atom. The van der Waals surface area contributed by atoms with Crippen LogP contribution in [-0.4, -0.2) is 5.71 Å². The van der Waals surface area contributed by atoms with Crippen molar-refractivity contribution in [2.75, 3.05) is 0 Å². The molecule has 1 rings (SSSR count). The Morgan fingerprint density at radius 1 is 1.21 bits per heavy atom. The van der Waals surface area contributed by atoms with E-state index in [0.29, 0.717) is 6.42 Å². The second-order valence-corrected chi connectivity index (χ2v) is 4.97. The van der Waals surface area contributed by atoms with E-state index in [0.717, 1.165) is 16.3 Å². The standard InChI is InChI=1S/C12H16ClN/c1-12(2,3)11(14)8-9-4-6-10(13)7-5-9/h4-7,14H,8H2,1-3H3. The minimum Gasteiger partial charge on any atom is -0.309 e. The van der Waals surface area contributed by atoms with Crippen molar-refractivity contribution in [3.8, 4) is 0 Å². The zero-order valence-electron chi connectivity index (χ0n) is 8.89. The summed E-state index contributed by atoms with van der Waals surface area (Å²) >= 11 is 5.78. The van der Waals surface area contributed by atoms with Gasteiger partial charge in [-0.3, -0.25) is 0 Å². The summed E-state index contributed by atoms with van der Waals surface area (Å²) in [5.41, 5.74) is 1.86. The van der Waals surface area contributed by atoms with Gasteiger partial charge in [-0.15, -0.1) is 0 Å². The normalized spacial score (nSPS) is 11.4. The number of halogens is 1. The lowest BCUT2D eigenvalue weighted by atomic mass is 9.86. The topological polar surface area (TPSA) is 23.9 Å². The van der Waals surface area contributed by atoms with Crippen molar-refractivity contribution >= 4 is 17.3 Å². The van der Waals surface area contributed by atoms with Crippen LogP contribution < -0.4 is 0 Å². The largest absolute Gasteiger partial charge is 0.309 e. The van der Waals surface area contributed by atoms with Gasteiger partial charge in [0, 0.05) is 17.2 Å². The second-order valence-electron chi connectivity index (χ2n) is 4.53. The van der Waals surface area contributed by atoms with Gasteiger partial charge in [0.2, 0.25) is 0 Å². The van der Waals surface area contributed by atoms with Crippen LogP contribution in [0.5, 0.6) is 0 Å². The van der Waals surface area contributed by atoms with Crippen LogP contribution in [0.1, 0.15) is 26.3 Å². The number of hydrogen-bond acceptors (Lipinski definition) is 1. The first-order chi connectivity index (χ1) is 6.39. The second kappa shape index (κ2) is 4.14. The summed E-state index contributed by atoms with van der Waals surface area (Å²) in [6, 6.07) is 7.69. The molecule has 14 heavy (non-hydrogen) atoms. The van der Waals surface area contributed by atoms with Gasteiger partial charge < -0.3 is 5.41 Å². The molecule has 0 aliphatic heterocycles. The van der Waals surface area contributed by atoms with Crippen molar-refractivity contribution in [3.05, 3.63) is 34.9 Å². The molecule has 0 radical (unpaired) electrons. The first kappa shape index (κ1) is 11.3. The van der Waals surface area contributed by atoms with Gasteiger partial charge in [0.05, 0.1) is 0 Å². The van der Waals surface area contributed by atoms with Crippen molar-refractivity contribution in [2.45, 2.75) is 27.2 Å². The summed E-state index contributed by atoms with van der Waals surface area (Å²) in [6.07, 6.45) is 0.709. The maximum atomic E-state index is 7.90. The first-order valence-electron chi connectivity index (χ1n) is 4.72. The van der Waals surface area contributed by atoms with Gasteiger partial charge in [-0.1, -0.05) is 44.5 Å². The Hall–Kier alpha value is -0.820. The van der Waals surface area contributed by atoms with Gasteiger partial charge in [-0.05, 0) is 23.1 Å². The van der Waals surface area contributed by atoms with Crippen molar-refractivity contribution in [3.63, 3.8) is 0 Å². The lowest BCUT2D eigenvalue weighted by molar-refractivity contribution is 0.577. The van der Waals surface area contributed by atoms with Crippen molar-refractivity contribution < 1.29 is 0 Å². The third-order valence-electron chi connectivity index (χ3n) is 2.20. The number of hydrogen-bond donors (Lipinski definition) is 1. The number of nitrogens with one attached hydrogen (secondary N) is 1. The molecule has 0 atom stereocenters. The van der Waals surface area contributed by atoms with E-state index in [1.165, 1.54) is 0 Å². The predicted molar refractivity (Wildman–Crippen MR) is 62.3 cm³/mol. The Kier molecular flexibility index (Phi) is 3.33. The Morgan fingerprint density at radius 2 is 1.71 bits per heavy atom. The van der Waals surface area contributed by atoms with E-state index in [-0.39, 0.29) is 5.41 Å². The van der Waals surface area contributed by atoms with Gasteiger partial charge in [0.1, 0.15) is 0 Å². The van der Waals surface area contributed by atoms with E-state index in [9.17, 15) is 0 Å². The van der Waals surface area contributed by atoms with Crippen molar-refractivity contribution in [1.82, 2.24) is 0 Å². The summed E-state index contributed by atoms with van der Waals surface area (Å²) < 4.78 is 0. The molecule has 0 saturated heterocycles. The molecule has 0 bridgehead atoms. The average molecular weight is 210 g/mol. The van der Waals surface area contributed by atoms with Crippen LogP contribution in [0.4, 0.5) is 0 Å². The molecule has 0 heterocycles. The Balaban J connectivity index is 2.71. The lowest BCUT2D eigenvalue weighted by Gasteiger charge is -2.19. The molecule has 1 nitrogen and oxygen atoms in total. The maximum Gasteiger partial charge on any atom is 0.0406 e. The van der Waals surface area contributed by atoms with Crippen molar-refractivity contribution in [1.29, 1.82) is 5.41 Å². The minimum absolute atomic E-state index is 0.0420. The molecule has 0 aliphatic rings. The zero-order chi connectivity index (χ0) is 10.8. The van der Waals surface area contributed by atoms with Gasteiger partial charge in [0.25, 0.3) is 0 Å². The summed E-state index contributed by atoms with van der Waals surface area (Å²) in [7, 11) is 0. The van der Waals surface area contributed by atoms with Crippen molar-refractivity contribution in [2.24, 2.45) is 5.41 Å². The molecular formula is C12H16ClN. The van der Waals surface area contributed by atoms with Crippen LogP contribution in [0.25, 0.3) is 0 Å². The molecule has 0 saturated carbocycles. The van der Waals surface area contributed by atoms with Gasteiger partial charge in [0.15, 0.2) is 0 Å². The number of benzene rings is 1. The highest BCUT2D eigenvalue weighted by Gasteiger charge is 2.16. The third-order valence-corrected chi connectivity index (χ3v) is 2.45. The van der Waals surface area contributed by atoms with E-state index in [4.69, 9.17) is 17.0 Å². The van der Waals surface area contributed by atoms with E-state index in [1.54, 1.807) is 0 Å². The maximum absolute atomic E-state index is 7.90.